The van der Waals surface area contributed by atoms with Crippen LogP contribution >= 0.6 is 23.2 Å². The Morgan fingerprint density at radius 1 is 0.925 bits per heavy atom. The molecule has 2 N–H and O–H groups in total. The van der Waals surface area contributed by atoms with Crippen LogP contribution in [0.1, 0.15) is 44.7 Å². The zero-order valence-electron chi connectivity index (χ0n) is 22.6. The van der Waals surface area contributed by atoms with Gasteiger partial charge in [0.2, 0.25) is 0 Å². The van der Waals surface area contributed by atoms with Gasteiger partial charge in [-0.05, 0) is 56.6 Å². The van der Waals surface area contributed by atoms with Gasteiger partial charge in [0, 0.05) is 6.42 Å². The lowest BCUT2D eigenvalue weighted by Gasteiger charge is -2.20. The molecule has 8 nitrogen and oxygen atoms in total. The Balaban J connectivity index is 1.97. The van der Waals surface area contributed by atoms with Gasteiger partial charge in [0.05, 0.1) is 29.9 Å². The zero-order chi connectivity index (χ0) is 29.1. The summed E-state index contributed by atoms with van der Waals surface area (Å²) in [5.74, 6) is -2.24. The number of ether oxygens (including phenoxy) is 3. The lowest BCUT2D eigenvalue weighted by molar-refractivity contribution is -0.142. The van der Waals surface area contributed by atoms with Crippen molar-refractivity contribution in [1.29, 1.82) is 0 Å². The van der Waals surface area contributed by atoms with Gasteiger partial charge < -0.3 is 24.8 Å². The van der Waals surface area contributed by atoms with Gasteiger partial charge in [-0.2, -0.15) is 0 Å². The van der Waals surface area contributed by atoms with E-state index in [1.165, 1.54) is 13.2 Å². The fraction of sp³-hybridized carbons (Fsp3) is 0.300. The summed E-state index contributed by atoms with van der Waals surface area (Å²) >= 11 is 13.2. The molecule has 0 aromatic heterocycles. The number of esters is 2. The van der Waals surface area contributed by atoms with Gasteiger partial charge in [0.1, 0.15) is 11.1 Å². The SMILES string of the molecule is CNCCCCOc1c(Cl)cc(C(=O)NC(Cc2ccccc2)C(=O)OC)c(OC(=O)c2ccccc2C)c1Cl. The van der Waals surface area contributed by atoms with E-state index >= 15 is 0 Å². The number of nitrogens with one attached hydrogen (secondary N) is 2. The van der Waals surface area contributed by atoms with Crippen molar-refractivity contribution in [2.75, 3.05) is 27.3 Å². The van der Waals surface area contributed by atoms with Crippen LogP contribution in [0.2, 0.25) is 10.0 Å². The van der Waals surface area contributed by atoms with E-state index in [2.05, 4.69) is 10.6 Å². The molecule has 0 bridgehead atoms. The molecule has 1 amide bonds. The van der Waals surface area contributed by atoms with Crippen LogP contribution in [0.15, 0.2) is 60.7 Å². The van der Waals surface area contributed by atoms with Crippen molar-refractivity contribution in [2.45, 2.75) is 32.2 Å². The highest BCUT2D eigenvalue weighted by Gasteiger charge is 2.29. The standard InChI is InChI=1S/C30H32Cl2N2O6/c1-19-11-7-8-14-21(19)29(36)40-26-22(18-23(31)27(25(26)32)39-16-10-9-15-33-2)28(35)34-24(30(37)38-3)17-20-12-5-4-6-13-20/h4-8,11-14,18,24,33H,9-10,15-17H2,1-3H3,(H,34,35). The first-order valence-electron chi connectivity index (χ1n) is 12.8. The number of halogens is 2. The van der Waals surface area contributed by atoms with E-state index in [0.717, 1.165) is 18.5 Å². The molecular formula is C30H32Cl2N2O6. The second kappa shape index (κ2) is 15.3. The summed E-state index contributed by atoms with van der Waals surface area (Å²) in [6.45, 7) is 2.88. The molecule has 0 heterocycles. The molecule has 40 heavy (non-hydrogen) atoms. The smallest absolute Gasteiger partial charge is 0.343 e. The minimum Gasteiger partial charge on any atom is -0.490 e. The highest BCUT2D eigenvalue weighted by molar-refractivity contribution is 6.39. The summed E-state index contributed by atoms with van der Waals surface area (Å²) in [6, 6.07) is 16.3. The molecular weight excluding hydrogens is 555 g/mol. The summed E-state index contributed by atoms with van der Waals surface area (Å²) in [4.78, 5) is 39.2. The molecule has 0 fully saturated rings. The highest BCUT2D eigenvalue weighted by atomic mass is 35.5. The van der Waals surface area contributed by atoms with Crippen LogP contribution < -0.4 is 20.1 Å². The molecule has 10 heteroatoms. The minimum atomic E-state index is -1.03. The van der Waals surface area contributed by atoms with Crippen molar-refractivity contribution in [3.63, 3.8) is 0 Å². The Hall–Kier alpha value is -3.59. The number of amides is 1. The number of benzene rings is 3. The number of carbonyl (C=O) groups is 3. The third kappa shape index (κ3) is 8.21. The third-order valence-corrected chi connectivity index (χ3v) is 6.70. The topological polar surface area (TPSA) is 103 Å². The molecule has 0 spiro atoms. The molecule has 212 valence electrons. The Bertz CT molecular complexity index is 1330. The number of rotatable bonds is 13. The Kier molecular flexibility index (Phi) is 11.8. The normalized spacial score (nSPS) is 11.4. The molecule has 3 aromatic carbocycles. The molecule has 1 unspecified atom stereocenters. The summed E-state index contributed by atoms with van der Waals surface area (Å²) in [7, 11) is 3.09. The van der Waals surface area contributed by atoms with E-state index in [0.29, 0.717) is 24.2 Å². The first-order valence-corrected chi connectivity index (χ1v) is 13.5. The molecule has 0 aliphatic carbocycles. The van der Waals surface area contributed by atoms with Gasteiger partial charge in [-0.15, -0.1) is 0 Å². The lowest BCUT2D eigenvalue weighted by Crippen LogP contribution is -2.43. The molecule has 3 aromatic rings. The molecule has 0 saturated heterocycles. The second-order valence-corrected chi connectivity index (χ2v) is 9.77. The molecule has 0 saturated carbocycles. The zero-order valence-corrected chi connectivity index (χ0v) is 24.1. The van der Waals surface area contributed by atoms with E-state index in [1.54, 1.807) is 31.2 Å². The van der Waals surface area contributed by atoms with Gasteiger partial charge in [-0.1, -0.05) is 71.7 Å². The third-order valence-electron chi connectivity index (χ3n) is 6.08. The number of hydrogen-bond donors (Lipinski definition) is 2. The molecule has 3 rings (SSSR count). The van der Waals surface area contributed by atoms with Crippen molar-refractivity contribution >= 4 is 41.0 Å². The van der Waals surface area contributed by atoms with Crippen LogP contribution in [0.4, 0.5) is 0 Å². The number of carbonyl (C=O) groups excluding carboxylic acids is 3. The van der Waals surface area contributed by atoms with Crippen LogP contribution in [0, 0.1) is 6.92 Å². The number of hydrogen-bond acceptors (Lipinski definition) is 7. The monoisotopic (exact) mass is 586 g/mol. The number of unbranched alkanes of at least 4 members (excludes halogenated alkanes) is 1. The van der Waals surface area contributed by atoms with E-state index in [9.17, 15) is 14.4 Å². The van der Waals surface area contributed by atoms with E-state index in [1.807, 2.05) is 37.4 Å². The summed E-state index contributed by atoms with van der Waals surface area (Å²) < 4.78 is 16.4. The van der Waals surface area contributed by atoms with Gasteiger partial charge in [-0.3, -0.25) is 4.79 Å². The predicted molar refractivity (Wildman–Crippen MR) is 155 cm³/mol. The van der Waals surface area contributed by atoms with Crippen LogP contribution in [0.3, 0.4) is 0 Å². The highest BCUT2D eigenvalue weighted by Crippen LogP contribution is 2.43. The summed E-state index contributed by atoms with van der Waals surface area (Å²) in [6.07, 6.45) is 1.75. The molecule has 0 radical (unpaired) electrons. The largest absolute Gasteiger partial charge is 0.490 e. The number of methoxy groups -OCH3 is 1. The van der Waals surface area contributed by atoms with E-state index in [-0.39, 0.29) is 33.5 Å². The van der Waals surface area contributed by atoms with Gasteiger partial charge in [0.25, 0.3) is 5.91 Å². The van der Waals surface area contributed by atoms with E-state index < -0.39 is 23.9 Å². The first-order chi connectivity index (χ1) is 19.3. The average Bonchev–Trinajstić information content (AvgIpc) is 2.95. The maximum absolute atomic E-state index is 13.5. The Morgan fingerprint density at radius 2 is 1.62 bits per heavy atom. The van der Waals surface area contributed by atoms with Crippen molar-refractivity contribution in [1.82, 2.24) is 10.6 Å². The maximum Gasteiger partial charge on any atom is 0.343 e. The maximum atomic E-state index is 13.5. The van der Waals surface area contributed by atoms with Gasteiger partial charge in [-0.25, -0.2) is 9.59 Å². The molecule has 1 atom stereocenters. The average molecular weight is 588 g/mol. The lowest BCUT2D eigenvalue weighted by atomic mass is 10.0. The van der Waals surface area contributed by atoms with Crippen LogP contribution in [0.25, 0.3) is 0 Å². The van der Waals surface area contributed by atoms with Crippen LogP contribution in [-0.2, 0) is 16.0 Å². The second-order valence-electron chi connectivity index (χ2n) is 8.98. The molecule has 0 aliphatic heterocycles. The summed E-state index contributed by atoms with van der Waals surface area (Å²) in [5.41, 5.74) is 1.65. The summed E-state index contributed by atoms with van der Waals surface area (Å²) in [5, 5.41) is 5.65. The Morgan fingerprint density at radius 3 is 2.30 bits per heavy atom. The fourth-order valence-corrected chi connectivity index (χ4v) is 4.54. The fourth-order valence-electron chi connectivity index (χ4n) is 3.93. The van der Waals surface area contributed by atoms with Crippen molar-refractivity contribution < 1.29 is 28.6 Å². The first kappa shape index (κ1) is 30.9. The van der Waals surface area contributed by atoms with E-state index in [4.69, 9.17) is 37.4 Å². The van der Waals surface area contributed by atoms with Crippen molar-refractivity contribution in [2.24, 2.45) is 0 Å². The predicted octanol–water partition coefficient (Wildman–Crippen LogP) is 5.41. The number of aryl methyl sites for hydroxylation is 1. The van der Waals surface area contributed by atoms with Crippen LogP contribution in [0.5, 0.6) is 11.5 Å². The van der Waals surface area contributed by atoms with Crippen molar-refractivity contribution in [3.05, 3.63) is 93.0 Å². The molecule has 0 aliphatic rings. The van der Waals surface area contributed by atoms with Crippen LogP contribution in [-0.4, -0.2) is 51.2 Å². The van der Waals surface area contributed by atoms with Gasteiger partial charge >= 0.3 is 11.9 Å². The minimum absolute atomic E-state index is 0.0529. The Labute approximate surface area is 243 Å². The quantitative estimate of drug-likeness (QED) is 0.157. The van der Waals surface area contributed by atoms with Crippen molar-refractivity contribution in [3.8, 4) is 11.5 Å². The van der Waals surface area contributed by atoms with Gasteiger partial charge in [0.15, 0.2) is 11.5 Å².